The van der Waals surface area contributed by atoms with Crippen molar-refractivity contribution in [3.63, 3.8) is 0 Å². The summed E-state index contributed by atoms with van der Waals surface area (Å²) >= 11 is 0. The molecular formula is C12H8F4N2. The van der Waals surface area contributed by atoms with Crippen molar-refractivity contribution >= 4 is 11.5 Å². The number of aromatic nitrogens is 1. The van der Waals surface area contributed by atoms with Gasteiger partial charge in [0.2, 0.25) is 5.95 Å². The quantitative estimate of drug-likeness (QED) is 0.649. The first-order valence-electron chi connectivity index (χ1n) is 5.02. The Labute approximate surface area is 100 Å². The molecule has 0 saturated carbocycles. The minimum absolute atomic E-state index is 0.231. The van der Waals surface area contributed by atoms with Crippen molar-refractivity contribution in [1.29, 1.82) is 0 Å². The standard InChI is InChI=1S/C12H8F4N2/c13-10-2-1-3-11(18-10)17-9-6-4-8(5-7-9)12(14,15)16/h1-7H,(H,17,18). The molecule has 18 heavy (non-hydrogen) atoms. The van der Waals surface area contributed by atoms with Gasteiger partial charge in [0.1, 0.15) is 5.82 Å². The number of alkyl halides is 3. The molecule has 0 aliphatic heterocycles. The number of hydrogen-bond donors (Lipinski definition) is 1. The van der Waals surface area contributed by atoms with Gasteiger partial charge in [0, 0.05) is 5.69 Å². The van der Waals surface area contributed by atoms with Crippen LogP contribution in [0.4, 0.5) is 29.1 Å². The number of rotatable bonds is 2. The maximum Gasteiger partial charge on any atom is 0.416 e. The second kappa shape index (κ2) is 4.64. The first-order chi connectivity index (χ1) is 8.45. The lowest BCUT2D eigenvalue weighted by molar-refractivity contribution is -0.137. The molecule has 0 bridgehead atoms. The predicted molar refractivity (Wildman–Crippen MR) is 58.9 cm³/mol. The van der Waals surface area contributed by atoms with E-state index in [0.29, 0.717) is 5.69 Å². The van der Waals surface area contributed by atoms with Crippen LogP contribution in [-0.2, 0) is 6.18 Å². The van der Waals surface area contributed by atoms with Gasteiger partial charge in [-0.25, -0.2) is 4.98 Å². The van der Waals surface area contributed by atoms with Crippen LogP contribution in [-0.4, -0.2) is 4.98 Å². The van der Waals surface area contributed by atoms with Gasteiger partial charge in [-0.05, 0) is 36.4 Å². The van der Waals surface area contributed by atoms with Crippen LogP contribution >= 0.6 is 0 Å². The van der Waals surface area contributed by atoms with Crippen molar-refractivity contribution in [2.75, 3.05) is 5.32 Å². The van der Waals surface area contributed by atoms with Crippen LogP contribution < -0.4 is 5.32 Å². The Balaban J connectivity index is 2.16. The highest BCUT2D eigenvalue weighted by atomic mass is 19.4. The number of benzene rings is 1. The van der Waals surface area contributed by atoms with E-state index in [1.807, 2.05) is 0 Å². The highest BCUT2D eigenvalue weighted by molar-refractivity contribution is 5.56. The molecule has 1 aromatic carbocycles. The Morgan fingerprint density at radius 1 is 0.944 bits per heavy atom. The largest absolute Gasteiger partial charge is 0.416 e. The average Bonchev–Trinajstić information content (AvgIpc) is 2.28. The second-order valence-electron chi connectivity index (χ2n) is 3.55. The van der Waals surface area contributed by atoms with E-state index in [1.165, 1.54) is 30.3 Å². The molecule has 2 rings (SSSR count). The van der Waals surface area contributed by atoms with Crippen LogP contribution in [0.25, 0.3) is 0 Å². The molecule has 0 aliphatic rings. The van der Waals surface area contributed by atoms with Crippen LogP contribution in [0.15, 0.2) is 42.5 Å². The number of nitrogens with one attached hydrogen (secondary N) is 1. The Morgan fingerprint density at radius 3 is 2.17 bits per heavy atom. The van der Waals surface area contributed by atoms with Crippen LogP contribution in [0.1, 0.15) is 5.56 Å². The van der Waals surface area contributed by atoms with E-state index in [1.54, 1.807) is 0 Å². The number of halogens is 4. The fourth-order valence-corrected chi connectivity index (χ4v) is 1.37. The number of pyridine rings is 1. The Kier molecular flexibility index (Phi) is 3.18. The monoisotopic (exact) mass is 256 g/mol. The van der Waals surface area contributed by atoms with Gasteiger partial charge in [0.15, 0.2) is 0 Å². The van der Waals surface area contributed by atoms with Crippen molar-refractivity contribution < 1.29 is 17.6 Å². The van der Waals surface area contributed by atoms with E-state index in [9.17, 15) is 17.6 Å². The summed E-state index contributed by atoms with van der Waals surface area (Å²) in [5, 5.41) is 2.70. The topological polar surface area (TPSA) is 24.9 Å². The Hall–Kier alpha value is -2.11. The van der Waals surface area contributed by atoms with Gasteiger partial charge in [-0.1, -0.05) is 6.07 Å². The van der Waals surface area contributed by atoms with Crippen molar-refractivity contribution in [1.82, 2.24) is 4.98 Å². The lowest BCUT2D eigenvalue weighted by Gasteiger charge is -2.08. The third kappa shape index (κ3) is 2.97. The van der Waals surface area contributed by atoms with Gasteiger partial charge in [-0.15, -0.1) is 0 Å². The molecule has 0 radical (unpaired) electrons. The summed E-state index contributed by atoms with van der Waals surface area (Å²) in [4.78, 5) is 3.54. The summed E-state index contributed by atoms with van der Waals surface area (Å²) in [7, 11) is 0. The van der Waals surface area contributed by atoms with Crippen molar-refractivity contribution in [3.8, 4) is 0 Å². The lowest BCUT2D eigenvalue weighted by Crippen LogP contribution is -2.04. The third-order valence-corrected chi connectivity index (χ3v) is 2.20. The maximum absolute atomic E-state index is 12.8. The van der Waals surface area contributed by atoms with Gasteiger partial charge in [-0.3, -0.25) is 0 Å². The number of hydrogen-bond acceptors (Lipinski definition) is 2. The van der Waals surface area contributed by atoms with E-state index in [2.05, 4.69) is 10.3 Å². The first-order valence-corrected chi connectivity index (χ1v) is 5.02. The zero-order valence-corrected chi connectivity index (χ0v) is 9.00. The number of nitrogens with zero attached hydrogens (tertiary/aromatic N) is 1. The minimum Gasteiger partial charge on any atom is -0.340 e. The van der Waals surface area contributed by atoms with Crippen molar-refractivity contribution in [2.45, 2.75) is 6.18 Å². The normalized spacial score (nSPS) is 11.3. The van der Waals surface area contributed by atoms with Crippen LogP contribution in [0, 0.1) is 5.95 Å². The molecule has 0 saturated heterocycles. The van der Waals surface area contributed by atoms with E-state index in [4.69, 9.17) is 0 Å². The molecular weight excluding hydrogens is 248 g/mol. The molecule has 0 spiro atoms. The minimum atomic E-state index is -4.37. The SMILES string of the molecule is Fc1cccc(Nc2ccc(C(F)(F)F)cc2)n1. The molecule has 0 aliphatic carbocycles. The number of anilines is 2. The van der Waals surface area contributed by atoms with Gasteiger partial charge < -0.3 is 5.32 Å². The van der Waals surface area contributed by atoms with Crippen molar-refractivity contribution in [2.24, 2.45) is 0 Å². The van der Waals surface area contributed by atoms with Gasteiger partial charge in [0.25, 0.3) is 0 Å². The summed E-state index contributed by atoms with van der Waals surface area (Å²) < 4.78 is 49.7. The van der Waals surface area contributed by atoms with Gasteiger partial charge in [0.05, 0.1) is 5.56 Å². The zero-order chi connectivity index (χ0) is 13.2. The van der Waals surface area contributed by atoms with E-state index in [0.717, 1.165) is 12.1 Å². The van der Waals surface area contributed by atoms with E-state index < -0.39 is 17.7 Å². The zero-order valence-electron chi connectivity index (χ0n) is 9.00. The Bertz CT molecular complexity index is 535. The van der Waals surface area contributed by atoms with E-state index in [-0.39, 0.29) is 5.82 Å². The molecule has 2 aromatic rings. The Morgan fingerprint density at radius 2 is 1.61 bits per heavy atom. The highest BCUT2D eigenvalue weighted by Crippen LogP contribution is 2.30. The van der Waals surface area contributed by atoms with Gasteiger partial charge >= 0.3 is 6.18 Å². The molecule has 1 heterocycles. The lowest BCUT2D eigenvalue weighted by atomic mass is 10.2. The molecule has 1 N–H and O–H groups in total. The maximum atomic E-state index is 12.8. The smallest absolute Gasteiger partial charge is 0.340 e. The van der Waals surface area contributed by atoms with E-state index >= 15 is 0 Å². The molecule has 94 valence electrons. The molecule has 2 nitrogen and oxygen atoms in total. The summed E-state index contributed by atoms with van der Waals surface area (Å²) in [6, 6.07) is 8.56. The molecule has 0 unspecified atom stereocenters. The van der Waals surface area contributed by atoms with Crippen LogP contribution in [0.2, 0.25) is 0 Å². The fraction of sp³-hybridized carbons (Fsp3) is 0.0833. The molecule has 6 heteroatoms. The summed E-state index contributed by atoms with van der Waals surface area (Å²) in [6.07, 6.45) is -4.37. The summed E-state index contributed by atoms with van der Waals surface area (Å²) in [5.41, 5.74) is -0.332. The fourth-order valence-electron chi connectivity index (χ4n) is 1.37. The average molecular weight is 256 g/mol. The summed E-state index contributed by atoms with van der Waals surface area (Å²) in [5.74, 6) is -0.429. The van der Waals surface area contributed by atoms with Crippen molar-refractivity contribution in [3.05, 3.63) is 54.0 Å². The third-order valence-electron chi connectivity index (χ3n) is 2.20. The predicted octanol–water partition coefficient (Wildman–Crippen LogP) is 3.98. The molecule has 0 amide bonds. The van der Waals surface area contributed by atoms with Crippen LogP contribution in [0.5, 0.6) is 0 Å². The van der Waals surface area contributed by atoms with Crippen LogP contribution in [0.3, 0.4) is 0 Å². The molecule has 0 fully saturated rings. The summed E-state index contributed by atoms with van der Waals surface area (Å²) in [6.45, 7) is 0. The molecule has 0 atom stereocenters. The molecule has 1 aromatic heterocycles. The van der Waals surface area contributed by atoms with Gasteiger partial charge in [-0.2, -0.15) is 17.6 Å². The second-order valence-corrected chi connectivity index (χ2v) is 3.55. The first kappa shape index (κ1) is 12.3. The highest BCUT2D eigenvalue weighted by Gasteiger charge is 2.29.